The first kappa shape index (κ1) is 13.9. The Morgan fingerprint density at radius 3 is 2.64 bits per heavy atom. The predicted octanol–water partition coefficient (Wildman–Crippen LogP) is 1.19. The van der Waals surface area contributed by atoms with Crippen LogP contribution >= 0.6 is 11.8 Å². The van der Waals surface area contributed by atoms with Gasteiger partial charge in [-0.1, -0.05) is 20.3 Å². The molecule has 0 aliphatic rings. The van der Waals surface area contributed by atoms with Gasteiger partial charge in [-0.05, 0) is 12.8 Å². The first-order chi connectivity index (χ1) is 6.58. The van der Waals surface area contributed by atoms with E-state index in [2.05, 4.69) is 13.8 Å². The lowest BCUT2D eigenvalue weighted by atomic mass is 10.0. The van der Waals surface area contributed by atoms with E-state index in [4.69, 9.17) is 10.8 Å². The van der Waals surface area contributed by atoms with Gasteiger partial charge in [-0.15, -0.1) is 0 Å². The number of carbonyl (C=O) groups is 1. The van der Waals surface area contributed by atoms with Gasteiger partial charge in [0.25, 0.3) is 0 Å². The van der Waals surface area contributed by atoms with E-state index >= 15 is 0 Å². The van der Waals surface area contributed by atoms with Gasteiger partial charge in [0.2, 0.25) is 0 Å². The van der Waals surface area contributed by atoms with Gasteiger partial charge in [0.15, 0.2) is 0 Å². The van der Waals surface area contributed by atoms with Crippen molar-refractivity contribution in [2.24, 2.45) is 5.73 Å². The Bertz CT molecular complexity index is 158. The van der Waals surface area contributed by atoms with Crippen LogP contribution in [0.25, 0.3) is 0 Å². The molecule has 0 aromatic heterocycles. The first-order valence-corrected chi connectivity index (χ1v) is 6.02. The summed E-state index contributed by atoms with van der Waals surface area (Å²) in [5.74, 6) is 0.639. The Labute approximate surface area is 90.4 Å². The maximum atomic E-state index is 10.3. The van der Waals surface area contributed by atoms with Crippen molar-refractivity contribution in [2.45, 2.75) is 43.9 Å². The number of rotatable bonds is 8. The molecule has 3 nitrogen and oxygen atoms in total. The normalized spacial score (nSPS) is 17.4. The molecule has 0 saturated heterocycles. The minimum Gasteiger partial charge on any atom is -0.396 e. The summed E-state index contributed by atoms with van der Waals surface area (Å²) < 4.78 is 0.0597. The van der Waals surface area contributed by atoms with E-state index in [1.165, 1.54) is 0 Å². The molecule has 3 N–H and O–H groups in total. The Hall–Kier alpha value is -0.0600. The van der Waals surface area contributed by atoms with Crippen LogP contribution in [-0.2, 0) is 4.79 Å². The van der Waals surface area contributed by atoms with Crippen LogP contribution in [0.3, 0.4) is 0 Å². The number of aliphatic hydroxyl groups is 1. The molecule has 0 heterocycles. The highest BCUT2D eigenvalue weighted by Gasteiger charge is 2.23. The summed E-state index contributed by atoms with van der Waals surface area (Å²) in [6, 6.07) is -0.380. The zero-order valence-electron chi connectivity index (χ0n) is 9.03. The molecule has 14 heavy (non-hydrogen) atoms. The largest absolute Gasteiger partial charge is 0.396 e. The molecule has 0 amide bonds. The lowest BCUT2D eigenvalue weighted by Gasteiger charge is -2.28. The topological polar surface area (TPSA) is 63.3 Å². The number of aliphatic hydroxyl groups excluding tert-OH is 1. The van der Waals surface area contributed by atoms with Crippen molar-refractivity contribution in [3.05, 3.63) is 0 Å². The second-order valence-electron chi connectivity index (χ2n) is 3.78. The van der Waals surface area contributed by atoms with Crippen molar-refractivity contribution in [2.75, 3.05) is 12.4 Å². The highest BCUT2D eigenvalue weighted by Crippen LogP contribution is 2.33. The Morgan fingerprint density at radius 1 is 1.57 bits per heavy atom. The number of hydrogen-bond donors (Lipinski definition) is 2. The average molecular weight is 219 g/mol. The van der Waals surface area contributed by atoms with Crippen LogP contribution < -0.4 is 5.73 Å². The second-order valence-corrected chi connectivity index (χ2v) is 5.39. The lowest BCUT2D eigenvalue weighted by molar-refractivity contribution is -0.108. The summed E-state index contributed by atoms with van der Waals surface area (Å²) in [4.78, 5) is 10.3. The van der Waals surface area contributed by atoms with Crippen molar-refractivity contribution in [3.8, 4) is 0 Å². The van der Waals surface area contributed by atoms with Crippen LogP contribution in [0.5, 0.6) is 0 Å². The molecule has 0 spiro atoms. The third-order valence-corrected chi connectivity index (χ3v) is 3.88. The number of hydrogen-bond acceptors (Lipinski definition) is 4. The van der Waals surface area contributed by atoms with E-state index in [0.29, 0.717) is 5.75 Å². The third kappa shape index (κ3) is 5.62. The summed E-state index contributed by atoms with van der Waals surface area (Å²) >= 11 is 1.69. The van der Waals surface area contributed by atoms with Crippen molar-refractivity contribution in [1.29, 1.82) is 0 Å². The molecule has 4 heteroatoms. The van der Waals surface area contributed by atoms with Crippen LogP contribution in [0.2, 0.25) is 0 Å². The number of aldehydes is 1. The number of carbonyl (C=O) groups excluding carboxylic acids is 1. The van der Waals surface area contributed by atoms with Crippen molar-refractivity contribution in [1.82, 2.24) is 0 Å². The summed E-state index contributed by atoms with van der Waals surface area (Å²) in [5.41, 5.74) is 5.52. The maximum absolute atomic E-state index is 10.3. The van der Waals surface area contributed by atoms with Gasteiger partial charge in [0, 0.05) is 17.1 Å². The molecule has 0 bridgehead atoms. The molecule has 0 aliphatic carbocycles. The van der Waals surface area contributed by atoms with Crippen molar-refractivity contribution < 1.29 is 9.90 Å². The zero-order chi connectivity index (χ0) is 11.0. The SMILES string of the molecule is CCCC(C)(CCO)SC[C@H](N)C=O. The monoisotopic (exact) mass is 219 g/mol. The highest BCUT2D eigenvalue weighted by atomic mass is 32.2. The first-order valence-electron chi connectivity index (χ1n) is 5.03. The fraction of sp³-hybridized carbons (Fsp3) is 0.900. The van der Waals surface area contributed by atoms with Gasteiger partial charge in [-0.3, -0.25) is 0 Å². The minimum absolute atomic E-state index is 0.0597. The van der Waals surface area contributed by atoms with E-state index in [-0.39, 0.29) is 17.4 Å². The summed E-state index contributed by atoms with van der Waals surface area (Å²) in [7, 11) is 0. The number of nitrogens with two attached hydrogens (primary N) is 1. The Kier molecular flexibility index (Phi) is 7.23. The molecule has 0 radical (unpaired) electrons. The van der Waals surface area contributed by atoms with E-state index in [1.54, 1.807) is 11.8 Å². The van der Waals surface area contributed by atoms with Gasteiger partial charge in [0.1, 0.15) is 6.29 Å². The van der Waals surface area contributed by atoms with E-state index in [9.17, 15) is 4.79 Å². The van der Waals surface area contributed by atoms with Crippen LogP contribution in [-0.4, -0.2) is 34.5 Å². The molecule has 0 saturated carbocycles. The molecule has 0 rings (SSSR count). The summed E-state index contributed by atoms with van der Waals surface area (Å²) in [6.45, 7) is 4.44. The maximum Gasteiger partial charge on any atom is 0.137 e. The predicted molar refractivity (Wildman–Crippen MR) is 61.5 cm³/mol. The van der Waals surface area contributed by atoms with Crippen LogP contribution in [0.4, 0.5) is 0 Å². The molecule has 2 atom stereocenters. The quantitative estimate of drug-likeness (QED) is 0.602. The molecule has 84 valence electrons. The molecule has 0 aromatic carbocycles. The van der Waals surface area contributed by atoms with Crippen molar-refractivity contribution in [3.63, 3.8) is 0 Å². The molecule has 1 unspecified atom stereocenters. The summed E-state index contributed by atoms with van der Waals surface area (Å²) in [6.07, 6.45) is 3.67. The fourth-order valence-electron chi connectivity index (χ4n) is 1.37. The van der Waals surface area contributed by atoms with Gasteiger partial charge in [-0.2, -0.15) is 11.8 Å². The molecular formula is C10H21NO2S. The average Bonchev–Trinajstić information content (AvgIpc) is 2.15. The minimum atomic E-state index is -0.380. The second kappa shape index (κ2) is 7.26. The van der Waals surface area contributed by atoms with Gasteiger partial charge in [-0.25, -0.2) is 0 Å². The van der Waals surface area contributed by atoms with Crippen LogP contribution in [0, 0.1) is 0 Å². The highest BCUT2D eigenvalue weighted by molar-refractivity contribution is 8.00. The van der Waals surface area contributed by atoms with Crippen molar-refractivity contribution >= 4 is 18.0 Å². The molecule has 0 fully saturated rings. The standard InChI is InChI=1S/C10H21NO2S/c1-3-4-10(2,5-6-12)14-8-9(11)7-13/h7,9,12H,3-6,8,11H2,1-2H3/t9-,10?/m1/s1. The van der Waals surface area contributed by atoms with Gasteiger partial charge < -0.3 is 15.6 Å². The zero-order valence-corrected chi connectivity index (χ0v) is 9.85. The lowest BCUT2D eigenvalue weighted by Crippen LogP contribution is -2.30. The Morgan fingerprint density at radius 2 is 2.21 bits per heavy atom. The van der Waals surface area contributed by atoms with Crippen LogP contribution in [0.1, 0.15) is 33.1 Å². The van der Waals surface area contributed by atoms with E-state index in [1.807, 2.05) is 0 Å². The fourth-order valence-corrected chi connectivity index (χ4v) is 2.63. The van der Waals surface area contributed by atoms with E-state index < -0.39 is 0 Å². The van der Waals surface area contributed by atoms with E-state index in [0.717, 1.165) is 25.5 Å². The molecule has 0 aliphatic heterocycles. The molecule has 0 aromatic rings. The van der Waals surface area contributed by atoms with Gasteiger partial charge >= 0.3 is 0 Å². The van der Waals surface area contributed by atoms with Gasteiger partial charge in [0.05, 0.1) is 6.04 Å². The Balaban J connectivity index is 4.00. The number of thioether (sulfide) groups is 1. The smallest absolute Gasteiger partial charge is 0.137 e. The third-order valence-electron chi connectivity index (χ3n) is 2.22. The molecular weight excluding hydrogens is 198 g/mol. The summed E-state index contributed by atoms with van der Waals surface area (Å²) in [5, 5.41) is 8.94. The van der Waals surface area contributed by atoms with Crippen LogP contribution in [0.15, 0.2) is 0 Å².